The molecule has 1 aromatic carbocycles. The molecule has 0 aromatic heterocycles. The minimum atomic E-state index is -0.647. The fourth-order valence-corrected chi connectivity index (χ4v) is 2.88. The molecule has 1 saturated heterocycles. The summed E-state index contributed by atoms with van der Waals surface area (Å²) in [7, 11) is 0. The summed E-state index contributed by atoms with van der Waals surface area (Å²) in [5.74, 6) is -0.411. The zero-order chi connectivity index (χ0) is 13.1. The van der Waals surface area contributed by atoms with Gasteiger partial charge in [0.25, 0.3) is 5.91 Å². The third-order valence-electron chi connectivity index (χ3n) is 2.82. The van der Waals surface area contributed by atoms with Crippen LogP contribution in [-0.2, 0) is 4.74 Å². The van der Waals surface area contributed by atoms with E-state index in [0.717, 1.165) is 25.5 Å². The molecule has 6 heteroatoms. The Morgan fingerprint density at radius 1 is 1.56 bits per heavy atom. The van der Waals surface area contributed by atoms with Crippen molar-refractivity contribution in [1.29, 1.82) is 0 Å². The number of thioether (sulfide) groups is 1. The molecule has 1 aliphatic heterocycles. The number of rotatable bonds is 4. The lowest BCUT2D eigenvalue weighted by molar-refractivity contribution is 0.100. The highest BCUT2D eigenvalue weighted by atomic mass is 32.2. The quantitative estimate of drug-likeness (QED) is 0.645. The Labute approximate surface area is 109 Å². The molecule has 1 unspecified atom stereocenters. The van der Waals surface area contributed by atoms with Gasteiger partial charge >= 0.3 is 0 Å². The summed E-state index contributed by atoms with van der Waals surface area (Å²) in [6.07, 6.45) is 2.19. The number of nitrogen functional groups attached to an aromatic ring is 1. The molecule has 1 aromatic rings. The highest BCUT2D eigenvalue weighted by molar-refractivity contribution is 7.99. The Kier molecular flexibility index (Phi) is 4.08. The number of hydrogen-bond acceptors (Lipinski definition) is 4. The molecule has 1 amide bonds. The van der Waals surface area contributed by atoms with Crippen LogP contribution in [-0.4, -0.2) is 24.4 Å². The first-order valence-corrected chi connectivity index (χ1v) is 6.69. The summed E-state index contributed by atoms with van der Waals surface area (Å²) in [5, 5.41) is 0. The van der Waals surface area contributed by atoms with Crippen molar-refractivity contribution >= 4 is 23.4 Å². The summed E-state index contributed by atoms with van der Waals surface area (Å²) >= 11 is 1.32. The van der Waals surface area contributed by atoms with Crippen molar-refractivity contribution in [3.63, 3.8) is 0 Å². The Hall–Kier alpha value is -1.27. The number of hydrogen-bond donors (Lipinski definition) is 2. The highest BCUT2D eigenvalue weighted by Gasteiger charge is 2.18. The Balaban J connectivity index is 2.11. The first-order valence-electron chi connectivity index (χ1n) is 5.71. The second kappa shape index (κ2) is 5.58. The largest absolute Gasteiger partial charge is 0.398 e. The van der Waals surface area contributed by atoms with Crippen LogP contribution >= 0.6 is 11.8 Å². The minimum absolute atomic E-state index is 0.0708. The monoisotopic (exact) mass is 270 g/mol. The van der Waals surface area contributed by atoms with E-state index >= 15 is 0 Å². The van der Waals surface area contributed by atoms with Crippen LogP contribution in [0.3, 0.4) is 0 Å². The topological polar surface area (TPSA) is 78.3 Å². The molecule has 0 radical (unpaired) electrons. The number of nitrogens with two attached hydrogens (primary N) is 2. The van der Waals surface area contributed by atoms with Crippen LogP contribution in [0.15, 0.2) is 17.0 Å². The van der Waals surface area contributed by atoms with Crippen LogP contribution in [0.1, 0.15) is 23.2 Å². The molecule has 0 aliphatic carbocycles. The second-order valence-electron chi connectivity index (χ2n) is 4.18. The van der Waals surface area contributed by atoms with Crippen LogP contribution in [0.4, 0.5) is 10.1 Å². The Morgan fingerprint density at radius 2 is 2.33 bits per heavy atom. The third kappa shape index (κ3) is 2.94. The SMILES string of the molecule is NC(=O)c1cc(SCC2CCCO2)c(F)cc1N. The van der Waals surface area contributed by atoms with Gasteiger partial charge in [0.2, 0.25) is 0 Å². The molecule has 0 spiro atoms. The molecule has 1 aliphatic rings. The maximum Gasteiger partial charge on any atom is 0.250 e. The smallest absolute Gasteiger partial charge is 0.250 e. The first-order chi connectivity index (χ1) is 8.58. The van der Waals surface area contributed by atoms with E-state index in [-0.39, 0.29) is 17.4 Å². The van der Waals surface area contributed by atoms with Gasteiger partial charge in [-0.15, -0.1) is 11.8 Å². The number of ether oxygens (including phenoxy) is 1. The van der Waals surface area contributed by atoms with Crippen molar-refractivity contribution in [3.8, 4) is 0 Å². The van der Waals surface area contributed by atoms with Crippen molar-refractivity contribution in [2.24, 2.45) is 5.73 Å². The molecule has 1 heterocycles. The minimum Gasteiger partial charge on any atom is -0.398 e. The van der Waals surface area contributed by atoms with E-state index in [0.29, 0.717) is 10.6 Å². The zero-order valence-corrected chi connectivity index (χ0v) is 10.6. The van der Waals surface area contributed by atoms with Crippen molar-refractivity contribution in [1.82, 2.24) is 0 Å². The van der Waals surface area contributed by atoms with Crippen molar-refractivity contribution in [2.45, 2.75) is 23.8 Å². The van der Waals surface area contributed by atoms with Gasteiger partial charge in [-0.25, -0.2) is 4.39 Å². The van der Waals surface area contributed by atoms with Crippen LogP contribution in [0.2, 0.25) is 0 Å². The van der Waals surface area contributed by atoms with Gasteiger partial charge in [-0.2, -0.15) is 0 Å². The highest BCUT2D eigenvalue weighted by Crippen LogP contribution is 2.29. The first kappa shape index (κ1) is 13.2. The predicted molar refractivity (Wildman–Crippen MR) is 69.0 cm³/mol. The lowest BCUT2D eigenvalue weighted by atomic mass is 10.1. The summed E-state index contributed by atoms with van der Waals surface area (Å²) in [4.78, 5) is 11.5. The molecule has 1 fully saturated rings. The van der Waals surface area contributed by atoms with Crippen molar-refractivity contribution in [2.75, 3.05) is 18.1 Å². The number of amides is 1. The number of halogens is 1. The van der Waals surface area contributed by atoms with Crippen molar-refractivity contribution < 1.29 is 13.9 Å². The fraction of sp³-hybridized carbons (Fsp3) is 0.417. The van der Waals surface area contributed by atoms with Crippen molar-refractivity contribution in [3.05, 3.63) is 23.5 Å². The van der Waals surface area contributed by atoms with Gasteiger partial charge in [0.05, 0.1) is 11.7 Å². The molecule has 18 heavy (non-hydrogen) atoms. The third-order valence-corrected chi connectivity index (χ3v) is 3.98. The van der Waals surface area contributed by atoms with E-state index in [2.05, 4.69) is 0 Å². The number of anilines is 1. The van der Waals surface area contributed by atoms with Gasteiger partial charge < -0.3 is 16.2 Å². The molecule has 4 N–H and O–H groups in total. The maximum atomic E-state index is 13.7. The number of carbonyl (C=O) groups is 1. The molecule has 2 rings (SSSR count). The molecule has 98 valence electrons. The van der Waals surface area contributed by atoms with Gasteiger partial charge in [-0.05, 0) is 25.0 Å². The number of primary amides is 1. The van der Waals surface area contributed by atoms with Gasteiger partial charge in [-0.1, -0.05) is 0 Å². The Morgan fingerprint density at radius 3 is 2.94 bits per heavy atom. The summed E-state index contributed by atoms with van der Waals surface area (Å²) < 4.78 is 19.1. The van der Waals surface area contributed by atoms with Crippen LogP contribution in [0.5, 0.6) is 0 Å². The van der Waals surface area contributed by atoms with E-state index in [9.17, 15) is 9.18 Å². The standard InChI is InChI=1S/C12H15FN2O2S/c13-9-5-10(14)8(12(15)16)4-11(9)18-6-7-2-1-3-17-7/h4-5,7H,1-3,6,14H2,(H2,15,16). The molecular weight excluding hydrogens is 255 g/mol. The summed E-state index contributed by atoms with van der Waals surface area (Å²) in [6, 6.07) is 2.55. The van der Waals surface area contributed by atoms with Gasteiger partial charge in [0.1, 0.15) is 5.82 Å². The van der Waals surface area contributed by atoms with E-state index < -0.39 is 11.7 Å². The normalized spacial score (nSPS) is 19.1. The van der Waals surface area contributed by atoms with E-state index in [1.165, 1.54) is 17.8 Å². The van der Waals surface area contributed by atoms with E-state index in [4.69, 9.17) is 16.2 Å². The molecule has 1 atom stereocenters. The maximum absolute atomic E-state index is 13.7. The van der Waals surface area contributed by atoms with E-state index in [1.54, 1.807) is 0 Å². The van der Waals surface area contributed by atoms with Gasteiger partial charge in [-0.3, -0.25) is 4.79 Å². The van der Waals surface area contributed by atoms with Gasteiger partial charge in [0, 0.05) is 22.9 Å². The van der Waals surface area contributed by atoms with E-state index in [1.807, 2.05) is 0 Å². The zero-order valence-electron chi connectivity index (χ0n) is 9.82. The van der Waals surface area contributed by atoms with Crippen LogP contribution in [0.25, 0.3) is 0 Å². The molecule has 0 saturated carbocycles. The average Bonchev–Trinajstić information content (AvgIpc) is 2.80. The van der Waals surface area contributed by atoms with Crippen LogP contribution in [0, 0.1) is 5.82 Å². The lowest BCUT2D eigenvalue weighted by Crippen LogP contribution is -2.14. The summed E-state index contributed by atoms with van der Waals surface area (Å²) in [5.41, 5.74) is 10.9. The van der Waals surface area contributed by atoms with Gasteiger partial charge in [0.15, 0.2) is 0 Å². The number of benzene rings is 1. The molecule has 4 nitrogen and oxygen atoms in total. The number of carbonyl (C=O) groups excluding carboxylic acids is 1. The Bertz CT molecular complexity index is 462. The average molecular weight is 270 g/mol. The summed E-state index contributed by atoms with van der Waals surface area (Å²) in [6.45, 7) is 0.766. The predicted octanol–water partition coefficient (Wildman–Crippen LogP) is 1.78. The fourth-order valence-electron chi connectivity index (χ4n) is 1.85. The molecular formula is C12H15FN2O2S. The van der Waals surface area contributed by atoms with Crippen LogP contribution < -0.4 is 11.5 Å². The lowest BCUT2D eigenvalue weighted by Gasteiger charge is -2.11. The second-order valence-corrected chi connectivity index (χ2v) is 5.24. The molecule has 0 bridgehead atoms.